The van der Waals surface area contributed by atoms with Crippen LogP contribution in [-0.2, 0) is 35.6 Å². The zero-order chi connectivity index (χ0) is 42.6. The van der Waals surface area contributed by atoms with E-state index in [-0.39, 0.29) is 58.4 Å². The Labute approximate surface area is 340 Å². The fourth-order valence-corrected chi connectivity index (χ4v) is 8.34. The van der Waals surface area contributed by atoms with E-state index in [9.17, 15) is 43.8 Å². The van der Waals surface area contributed by atoms with Gasteiger partial charge in [0, 0.05) is 31.7 Å². The summed E-state index contributed by atoms with van der Waals surface area (Å²) in [7, 11) is 2.76. The molecule has 4 N–H and O–H groups in total. The fourth-order valence-electron chi connectivity index (χ4n) is 5.91. The van der Waals surface area contributed by atoms with Crippen molar-refractivity contribution in [2.24, 2.45) is 7.05 Å². The number of methoxy groups -OCH3 is 1. The van der Waals surface area contributed by atoms with Crippen LogP contribution in [0.25, 0.3) is 11.0 Å². The highest BCUT2D eigenvalue weighted by Gasteiger charge is 2.67. The summed E-state index contributed by atoms with van der Waals surface area (Å²) in [4.78, 5) is 93.5. The number of benzene rings is 2. The predicted molar refractivity (Wildman–Crippen MR) is 201 cm³/mol. The van der Waals surface area contributed by atoms with E-state index in [1.807, 2.05) is 0 Å². The largest absolute Gasteiger partial charge is 0.513 e. The number of nitrogens with one attached hydrogen (secondary N) is 2. The lowest BCUT2D eigenvalue weighted by atomic mass is 9.96. The smallest absolute Gasteiger partial charge is 0.508 e. The van der Waals surface area contributed by atoms with Crippen LogP contribution in [0, 0.1) is 0 Å². The van der Waals surface area contributed by atoms with Crippen LogP contribution in [0.5, 0.6) is 17.2 Å². The van der Waals surface area contributed by atoms with Gasteiger partial charge in [0.05, 0.1) is 18.6 Å². The number of thioether (sulfide) groups is 2. The topological polar surface area (TPSA) is 290 Å². The number of hydrogen-bond donors (Lipinski definition) is 4. The number of aryl methyl sites for hydroxylation is 1. The molecule has 3 amide bonds. The van der Waals surface area contributed by atoms with Crippen molar-refractivity contribution in [1.29, 1.82) is 0 Å². The molecule has 4 heterocycles. The highest BCUT2D eigenvalue weighted by molar-refractivity contribution is 8.01. The second kappa shape index (κ2) is 17.5. The van der Waals surface area contributed by atoms with Gasteiger partial charge in [0.25, 0.3) is 17.5 Å². The average molecular weight is 856 g/mol. The lowest BCUT2D eigenvalue weighted by molar-refractivity contribution is -0.192. The summed E-state index contributed by atoms with van der Waals surface area (Å²) >= 11 is 2.28. The number of amides is 3. The number of nitrogens with zero attached hydrogens (tertiary/aromatic N) is 5. The van der Waals surface area contributed by atoms with E-state index in [0.29, 0.717) is 10.7 Å². The van der Waals surface area contributed by atoms with Crippen molar-refractivity contribution < 1.29 is 67.1 Å². The molecule has 0 radical (unpaired) electrons. The normalized spacial score (nSPS) is 17.7. The Balaban J connectivity index is 1.29. The maximum Gasteiger partial charge on any atom is 0.513 e. The molecule has 2 aliphatic rings. The highest BCUT2D eigenvalue weighted by Crippen LogP contribution is 2.47. The summed E-state index contributed by atoms with van der Waals surface area (Å²) in [6.45, 7) is 2.91. The summed E-state index contributed by atoms with van der Waals surface area (Å²) in [5.41, 5.74) is -3.75. The third-order valence-electron chi connectivity index (χ3n) is 8.66. The number of phenolic OH excluding ortho intramolecular Hbond substituents is 1. The van der Waals surface area contributed by atoms with Crippen molar-refractivity contribution in [2.45, 2.75) is 36.1 Å². The zero-order valence-electron chi connectivity index (χ0n) is 31.3. The Morgan fingerprint density at radius 2 is 1.71 bits per heavy atom. The first-order valence-corrected chi connectivity index (χ1v) is 19.3. The Bertz CT molecular complexity index is 2440. The fraction of sp³-hybridized carbons (Fsp3) is 0.314. The minimum atomic E-state index is -2.10. The minimum Gasteiger partial charge on any atom is -0.508 e. The van der Waals surface area contributed by atoms with Crippen molar-refractivity contribution in [2.75, 3.05) is 31.8 Å². The lowest BCUT2D eigenvalue weighted by Crippen LogP contribution is -2.81. The molecule has 0 aliphatic carbocycles. The summed E-state index contributed by atoms with van der Waals surface area (Å²) in [5, 5.41) is 35.3. The molecule has 22 nitrogen and oxygen atoms in total. The van der Waals surface area contributed by atoms with Gasteiger partial charge >= 0.3 is 18.3 Å². The summed E-state index contributed by atoms with van der Waals surface area (Å²) in [6.07, 6.45) is -1.59. The molecule has 6 rings (SSSR count). The average Bonchev–Trinajstić information content (AvgIpc) is 3.62. The van der Waals surface area contributed by atoms with E-state index in [1.54, 1.807) is 7.05 Å². The number of aromatic nitrogens is 4. The maximum atomic E-state index is 14.2. The summed E-state index contributed by atoms with van der Waals surface area (Å²) in [6, 6.07) is 5.43. The van der Waals surface area contributed by atoms with Crippen LogP contribution < -0.4 is 25.5 Å². The van der Waals surface area contributed by atoms with Crippen molar-refractivity contribution in [1.82, 2.24) is 35.7 Å². The quantitative estimate of drug-likeness (QED) is 0.0464. The Hall–Kier alpha value is -6.66. The van der Waals surface area contributed by atoms with Gasteiger partial charge in [0.15, 0.2) is 11.5 Å². The number of rotatable bonds is 14. The second-order valence-corrected chi connectivity index (χ2v) is 14.3. The number of carboxylic acid groups (broad SMARTS) is 1. The molecule has 2 aromatic carbocycles. The van der Waals surface area contributed by atoms with Gasteiger partial charge in [-0.3, -0.25) is 24.1 Å². The molecule has 2 aromatic heterocycles. The number of phenols is 1. The van der Waals surface area contributed by atoms with Gasteiger partial charge in [-0.15, -0.1) is 16.9 Å². The van der Waals surface area contributed by atoms with Gasteiger partial charge in [-0.25, -0.2) is 19.1 Å². The van der Waals surface area contributed by atoms with Crippen molar-refractivity contribution >= 4 is 70.5 Å². The second-order valence-electron chi connectivity index (χ2n) is 12.2. The highest BCUT2D eigenvalue weighted by atomic mass is 32.2. The van der Waals surface area contributed by atoms with Gasteiger partial charge in [0.2, 0.25) is 16.5 Å². The lowest BCUT2D eigenvalue weighted by Gasteiger charge is -2.56. The maximum absolute atomic E-state index is 14.2. The Kier molecular flexibility index (Phi) is 12.4. The summed E-state index contributed by atoms with van der Waals surface area (Å²) < 4.78 is 32.3. The van der Waals surface area contributed by atoms with Crippen LogP contribution in [0.2, 0.25) is 0 Å². The molecule has 4 aromatic rings. The number of β-lactam (4-membered cyclic amide) rings is 1. The predicted octanol–water partition coefficient (Wildman–Crippen LogP) is 2.07. The molecule has 0 bridgehead atoms. The number of carboxylic acids is 1. The van der Waals surface area contributed by atoms with Crippen LogP contribution in [0.1, 0.15) is 35.8 Å². The number of aromatic hydroxyl groups is 1. The number of hydrogen-bond acceptors (Lipinski definition) is 19. The molecule has 59 heavy (non-hydrogen) atoms. The number of tetrazole rings is 1. The van der Waals surface area contributed by atoms with E-state index < -0.39 is 69.9 Å². The van der Waals surface area contributed by atoms with E-state index >= 15 is 0 Å². The zero-order valence-corrected chi connectivity index (χ0v) is 32.9. The van der Waals surface area contributed by atoms with Crippen LogP contribution >= 0.6 is 23.5 Å². The van der Waals surface area contributed by atoms with Crippen LogP contribution in [0.4, 0.5) is 9.59 Å². The van der Waals surface area contributed by atoms with Crippen molar-refractivity contribution in [3.05, 3.63) is 75.3 Å². The molecule has 3 atom stereocenters. The molecule has 310 valence electrons. The molecular weight excluding hydrogens is 823 g/mol. The van der Waals surface area contributed by atoms with Crippen LogP contribution in [0.3, 0.4) is 0 Å². The number of fused-ring (bicyclic) bond motifs is 2. The molecule has 0 spiro atoms. The standard InChI is InChI=1S/C35H33N7O15S2/c1-5-53-33(50)56-22-11-19-21(12-23(22)57-34(51)54-6-2)55-13-20(26(19)44)27(45)36-24(16-7-9-18(43)10-8-16)28(46)37-35(52-4)30(49)42-25(29(47)48)17(14-58-31(35)42)15-59-32-38-39-40-41(32)3/h7-13,24,31,43H,5-6,14-15H2,1-4H3,(H,36,45)(H,37,46)(H,47,48)/t24?,31-,35-/m0/s1. The first-order chi connectivity index (χ1) is 28.2. The first kappa shape index (κ1) is 42.0. The molecule has 2 aliphatic heterocycles. The van der Waals surface area contributed by atoms with E-state index in [0.717, 1.165) is 53.9 Å². The molecule has 1 unspecified atom stereocenters. The van der Waals surface area contributed by atoms with E-state index in [4.69, 9.17) is 28.1 Å². The Morgan fingerprint density at radius 1 is 1.05 bits per heavy atom. The molecule has 1 saturated heterocycles. The van der Waals surface area contributed by atoms with Crippen molar-refractivity contribution in [3.8, 4) is 17.2 Å². The van der Waals surface area contributed by atoms with Gasteiger partial charge < -0.3 is 48.9 Å². The monoisotopic (exact) mass is 855 g/mol. The van der Waals surface area contributed by atoms with Gasteiger partial charge in [0.1, 0.15) is 40.3 Å². The van der Waals surface area contributed by atoms with Crippen LogP contribution in [0.15, 0.2) is 68.3 Å². The van der Waals surface area contributed by atoms with Crippen molar-refractivity contribution in [3.63, 3.8) is 0 Å². The van der Waals surface area contributed by atoms with Gasteiger partial charge in [-0.2, -0.15) is 0 Å². The van der Waals surface area contributed by atoms with E-state index in [2.05, 4.69) is 26.2 Å². The molecule has 1 fully saturated rings. The van der Waals surface area contributed by atoms with Gasteiger partial charge in [-0.1, -0.05) is 23.9 Å². The number of ether oxygens (including phenoxy) is 5. The summed E-state index contributed by atoms with van der Waals surface area (Å²) in [5.74, 6) is -5.26. The molecular formula is C35H33N7O15S2. The number of carbonyl (C=O) groups excluding carboxylic acids is 5. The number of aliphatic carboxylic acids is 1. The van der Waals surface area contributed by atoms with Crippen LogP contribution in [-0.4, -0.2) is 114 Å². The van der Waals surface area contributed by atoms with E-state index in [1.165, 1.54) is 42.8 Å². The van der Waals surface area contributed by atoms with Gasteiger partial charge in [-0.05, 0) is 53.6 Å². The number of carbonyl (C=O) groups is 6. The first-order valence-electron chi connectivity index (χ1n) is 17.2. The molecule has 0 saturated carbocycles. The Morgan fingerprint density at radius 3 is 2.31 bits per heavy atom. The minimum absolute atomic E-state index is 0.0500. The SMILES string of the molecule is CCOC(=O)Oc1cc2occ(C(=O)NC(C(=O)N[C@]3(OC)C(=O)N4C(C(=O)O)=C(CSc5nnnn5C)CS[C@H]43)c3ccc(O)cc3)c(=O)c2cc1OC(=O)OCC. The third-order valence-corrected chi connectivity index (χ3v) is 11.1. The molecule has 24 heteroatoms. The third kappa shape index (κ3) is 8.35.